The van der Waals surface area contributed by atoms with Crippen molar-refractivity contribution in [2.75, 3.05) is 20.8 Å². The molecule has 0 saturated carbocycles. The summed E-state index contributed by atoms with van der Waals surface area (Å²) in [5.74, 6) is -3.56. The minimum Gasteiger partial charge on any atom is -0.463 e. The first-order valence-corrected chi connectivity index (χ1v) is 14.6. The highest BCUT2D eigenvalue weighted by atomic mass is 28.4. The van der Waals surface area contributed by atoms with Crippen molar-refractivity contribution in [3.8, 4) is 0 Å². The number of benzene rings is 1. The monoisotopic (exact) mass is 504 g/mol. The van der Waals surface area contributed by atoms with Crippen LogP contribution in [0, 0.1) is 11.3 Å². The third-order valence-corrected chi connectivity index (χ3v) is 12.4. The van der Waals surface area contributed by atoms with E-state index in [1.165, 1.54) is 20.3 Å². The van der Waals surface area contributed by atoms with Crippen molar-refractivity contribution in [1.29, 1.82) is 0 Å². The molecule has 192 valence electrons. The predicted molar refractivity (Wildman–Crippen MR) is 131 cm³/mol. The lowest BCUT2D eigenvalue weighted by Gasteiger charge is -2.57. The van der Waals surface area contributed by atoms with Crippen LogP contribution < -0.4 is 0 Å². The molecule has 1 aliphatic heterocycles. The fourth-order valence-corrected chi connectivity index (χ4v) is 8.28. The Balaban J connectivity index is 2.17. The summed E-state index contributed by atoms with van der Waals surface area (Å²) < 4.78 is 30.1. The van der Waals surface area contributed by atoms with Gasteiger partial charge >= 0.3 is 5.97 Å². The smallest absolute Gasteiger partial charge is 0.313 e. The van der Waals surface area contributed by atoms with Crippen LogP contribution in [0.15, 0.2) is 42.0 Å². The first-order valence-electron chi connectivity index (χ1n) is 12.1. The van der Waals surface area contributed by atoms with Crippen LogP contribution in [0.5, 0.6) is 0 Å². The molecule has 0 unspecified atom stereocenters. The van der Waals surface area contributed by atoms with Crippen LogP contribution in [0.25, 0.3) is 0 Å². The van der Waals surface area contributed by atoms with Crippen LogP contribution in [0.1, 0.15) is 26.3 Å². The van der Waals surface area contributed by atoms with Crippen LogP contribution in [0.4, 0.5) is 0 Å². The van der Waals surface area contributed by atoms with Gasteiger partial charge in [0.15, 0.2) is 8.32 Å². The van der Waals surface area contributed by atoms with Crippen molar-refractivity contribution in [1.82, 2.24) is 0 Å². The maximum Gasteiger partial charge on any atom is 0.313 e. The van der Waals surface area contributed by atoms with Crippen molar-refractivity contribution < 1.29 is 37.8 Å². The van der Waals surface area contributed by atoms with E-state index >= 15 is 0 Å². The molecule has 0 aromatic heterocycles. The zero-order chi connectivity index (χ0) is 25.7. The van der Waals surface area contributed by atoms with Crippen molar-refractivity contribution in [2.24, 2.45) is 11.3 Å². The van der Waals surface area contributed by atoms with Gasteiger partial charge in [0, 0.05) is 19.8 Å². The Morgan fingerprint density at radius 1 is 1.06 bits per heavy atom. The van der Waals surface area contributed by atoms with Crippen LogP contribution in [-0.4, -0.2) is 65.7 Å². The molecule has 0 amide bonds. The second kappa shape index (κ2) is 11.3. The van der Waals surface area contributed by atoms with Gasteiger partial charge in [-0.1, -0.05) is 51.1 Å². The van der Waals surface area contributed by atoms with Gasteiger partial charge in [-0.2, -0.15) is 0 Å². The lowest BCUT2D eigenvalue weighted by molar-refractivity contribution is -0.301. The lowest BCUT2D eigenvalue weighted by Crippen LogP contribution is -2.72. The number of hydrogen-bond donors (Lipinski definition) is 0. The van der Waals surface area contributed by atoms with Gasteiger partial charge in [-0.3, -0.25) is 9.59 Å². The van der Waals surface area contributed by atoms with E-state index in [-0.39, 0.29) is 18.8 Å². The lowest BCUT2D eigenvalue weighted by atomic mass is 9.58. The third kappa shape index (κ3) is 4.56. The second-order valence-corrected chi connectivity index (χ2v) is 13.8. The minimum atomic E-state index is -2.32. The Morgan fingerprint density at radius 2 is 1.69 bits per heavy atom. The van der Waals surface area contributed by atoms with Gasteiger partial charge in [0.25, 0.3) is 0 Å². The Labute approximate surface area is 208 Å². The molecule has 0 spiro atoms. The average molecular weight is 505 g/mol. The summed E-state index contributed by atoms with van der Waals surface area (Å²) in [7, 11) is 0.436. The van der Waals surface area contributed by atoms with Crippen LogP contribution in [0.2, 0.25) is 18.1 Å². The van der Waals surface area contributed by atoms with E-state index in [1.807, 2.05) is 30.3 Å². The average Bonchev–Trinajstić information content (AvgIpc) is 2.91. The van der Waals surface area contributed by atoms with E-state index in [1.54, 1.807) is 0 Å². The van der Waals surface area contributed by atoms with Crippen molar-refractivity contribution >= 4 is 26.9 Å². The molecule has 1 aromatic rings. The fourth-order valence-electron chi connectivity index (χ4n) is 5.46. The molecule has 4 atom stereocenters. The summed E-state index contributed by atoms with van der Waals surface area (Å²) in [6.07, 6.45) is 0.918. The highest BCUT2D eigenvalue weighted by Crippen LogP contribution is 2.55. The maximum atomic E-state index is 13.4. The number of methoxy groups -OCH3 is 2. The molecule has 2 aliphatic rings. The topological polar surface area (TPSA) is 97.4 Å². The highest BCUT2D eigenvalue weighted by molar-refractivity contribution is 6.73. The summed E-state index contributed by atoms with van der Waals surface area (Å²) in [5, 5.41) is 0. The van der Waals surface area contributed by atoms with Gasteiger partial charge in [0.1, 0.15) is 36.6 Å². The van der Waals surface area contributed by atoms with Crippen molar-refractivity contribution in [3.05, 3.63) is 47.5 Å². The summed E-state index contributed by atoms with van der Waals surface area (Å²) in [5.41, 5.74) is -0.554. The van der Waals surface area contributed by atoms with E-state index in [4.69, 9.17) is 23.4 Å². The molecule has 0 bridgehead atoms. The summed E-state index contributed by atoms with van der Waals surface area (Å²) in [4.78, 5) is 38.8. The second-order valence-electron chi connectivity index (χ2n) is 9.06. The number of rotatable bonds is 12. The van der Waals surface area contributed by atoms with Gasteiger partial charge in [0.2, 0.25) is 5.79 Å². The number of aldehydes is 2. The number of fused-ring (bicyclic) bond motifs is 1. The van der Waals surface area contributed by atoms with Gasteiger partial charge in [-0.25, -0.2) is 0 Å². The fraction of sp³-hybridized carbons (Fsp3) is 0.577. The zero-order valence-corrected chi connectivity index (χ0v) is 22.2. The number of esters is 1. The minimum absolute atomic E-state index is 0.162. The third-order valence-electron chi connectivity index (χ3n) is 7.81. The van der Waals surface area contributed by atoms with Crippen LogP contribution >= 0.6 is 0 Å². The highest BCUT2D eigenvalue weighted by Gasteiger charge is 2.71. The van der Waals surface area contributed by atoms with E-state index in [2.05, 4.69) is 20.8 Å². The number of hydrogen-bond acceptors (Lipinski definition) is 8. The standard InChI is InChI=1S/C26H36O8Si/c1-6-35(7-2,8-3)34-23-20(15-27)14-26(30-4,31-5)25(18-28)21(17-33-24(29)22(23)25)32-16-19-12-10-9-11-13-19/h9-15,18,21-23H,6-8,16-17H2,1-5H3/t21-,22-,23-,25+/m1/s1. The van der Waals surface area contributed by atoms with Crippen LogP contribution in [0.3, 0.4) is 0 Å². The van der Waals surface area contributed by atoms with E-state index in [0.29, 0.717) is 12.6 Å². The van der Waals surface area contributed by atoms with Gasteiger partial charge in [-0.05, 0) is 29.8 Å². The molecule has 1 aromatic carbocycles. The summed E-state index contributed by atoms with van der Waals surface area (Å²) in [6.45, 7) is 6.18. The molecule has 3 rings (SSSR count). The summed E-state index contributed by atoms with van der Waals surface area (Å²) in [6, 6.07) is 11.9. The number of cyclic esters (lactones) is 1. The van der Waals surface area contributed by atoms with E-state index in [9.17, 15) is 14.4 Å². The maximum absolute atomic E-state index is 13.4. The SMILES string of the molecule is CC[Si](CC)(CC)O[C@@H]1C(C=O)=CC(OC)(OC)[C@@]2(C=O)[C@H](OCc3ccccc3)COC(=O)[C@@H]12. The van der Waals surface area contributed by atoms with Crippen molar-refractivity contribution in [2.45, 2.75) is 63.5 Å². The molecular weight excluding hydrogens is 468 g/mol. The first kappa shape index (κ1) is 27.4. The molecule has 1 aliphatic carbocycles. The molecule has 9 heteroatoms. The van der Waals surface area contributed by atoms with Crippen LogP contribution in [-0.2, 0) is 44.4 Å². The number of ether oxygens (including phenoxy) is 4. The quantitative estimate of drug-likeness (QED) is 0.185. The number of carbonyl (C=O) groups is 3. The Kier molecular flexibility index (Phi) is 8.82. The number of carbonyl (C=O) groups excluding carboxylic acids is 3. The Bertz CT molecular complexity index is 916. The normalized spacial score (nSPS) is 28.0. The molecule has 0 radical (unpaired) electrons. The predicted octanol–water partition coefficient (Wildman–Crippen LogP) is 3.45. The van der Waals surface area contributed by atoms with E-state index in [0.717, 1.165) is 23.7 Å². The van der Waals surface area contributed by atoms with Gasteiger partial charge in [0.05, 0.1) is 12.7 Å². The molecular formula is C26H36O8Si. The van der Waals surface area contributed by atoms with E-state index < -0.39 is 43.6 Å². The van der Waals surface area contributed by atoms with Gasteiger partial charge < -0.3 is 28.2 Å². The molecule has 1 fully saturated rings. The molecule has 1 heterocycles. The Morgan fingerprint density at radius 3 is 2.20 bits per heavy atom. The molecule has 8 nitrogen and oxygen atoms in total. The first-order chi connectivity index (χ1) is 16.9. The summed E-state index contributed by atoms with van der Waals surface area (Å²) >= 11 is 0. The Hall–Kier alpha value is -2.17. The van der Waals surface area contributed by atoms with Gasteiger partial charge in [-0.15, -0.1) is 0 Å². The largest absolute Gasteiger partial charge is 0.463 e. The van der Waals surface area contributed by atoms with Crippen molar-refractivity contribution in [3.63, 3.8) is 0 Å². The molecule has 0 N–H and O–H groups in total. The zero-order valence-electron chi connectivity index (χ0n) is 21.2. The molecule has 1 saturated heterocycles. The molecule has 35 heavy (non-hydrogen) atoms.